The SMILES string of the molecule is CC(C)N1CCC(CNS(=O)(=O)c2ccc(Br)cc2Cl)C1. The fourth-order valence-electron chi connectivity index (χ4n) is 2.50. The van der Waals surface area contributed by atoms with Crippen LogP contribution < -0.4 is 4.72 Å². The molecule has 1 aliphatic heterocycles. The van der Waals surface area contributed by atoms with E-state index in [1.54, 1.807) is 12.1 Å². The Labute approximate surface area is 140 Å². The van der Waals surface area contributed by atoms with Crippen LogP contribution in [0, 0.1) is 5.92 Å². The molecule has 0 bridgehead atoms. The third-order valence-electron chi connectivity index (χ3n) is 3.79. The molecule has 0 radical (unpaired) electrons. The van der Waals surface area contributed by atoms with Gasteiger partial charge in [-0.1, -0.05) is 27.5 Å². The smallest absolute Gasteiger partial charge is 0.242 e. The van der Waals surface area contributed by atoms with E-state index in [2.05, 4.69) is 39.4 Å². The zero-order valence-corrected chi connectivity index (χ0v) is 15.3. The lowest BCUT2D eigenvalue weighted by molar-refractivity contribution is 0.265. The lowest BCUT2D eigenvalue weighted by atomic mass is 10.1. The van der Waals surface area contributed by atoms with Crippen molar-refractivity contribution >= 4 is 37.6 Å². The van der Waals surface area contributed by atoms with Crippen LogP contribution in [-0.2, 0) is 10.0 Å². The van der Waals surface area contributed by atoms with Crippen molar-refractivity contribution in [2.45, 2.75) is 31.2 Å². The first-order chi connectivity index (χ1) is 9.79. The molecule has 4 nitrogen and oxygen atoms in total. The highest BCUT2D eigenvalue weighted by Crippen LogP contribution is 2.25. The summed E-state index contributed by atoms with van der Waals surface area (Å²) in [5.74, 6) is 0.358. The molecule has 0 aromatic heterocycles. The predicted molar refractivity (Wildman–Crippen MR) is 89.2 cm³/mol. The van der Waals surface area contributed by atoms with Gasteiger partial charge in [0.05, 0.1) is 5.02 Å². The van der Waals surface area contributed by atoms with Crippen molar-refractivity contribution in [1.29, 1.82) is 0 Å². The molecule has 0 spiro atoms. The van der Waals surface area contributed by atoms with Crippen LogP contribution in [0.3, 0.4) is 0 Å². The van der Waals surface area contributed by atoms with Crippen LogP contribution in [-0.4, -0.2) is 39.0 Å². The molecule has 1 fully saturated rings. The van der Waals surface area contributed by atoms with Gasteiger partial charge < -0.3 is 4.90 Å². The summed E-state index contributed by atoms with van der Waals surface area (Å²) in [5.41, 5.74) is 0. The second kappa shape index (κ2) is 6.96. The minimum absolute atomic E-state index is 0.131. The van der Waals surface area contributed by atoms with Gasteiger partial charge in [-0.25, -0.2) is 13.1 Å². The van der Waals surface area contributed by atoms with Gasteiger partial charge in [0.1, 0.15) is 4.90 Å². The summed E-state index contributed by atoms with van der Waals surface area (Å²) in [5, 5.41) is 0.229. The molecule has 118 valence electrons. The van der Waals surface area contributed by atoms with Gasteiger partial charge in [0.2, 0.25) is 10.0 Å². The number of nitrogens with zero attached hydrogens (tertiary/aromatic N) is 1. The van der Waals surface area contributed by atoms with Gasteiger partial charge in [-0.05, 0) is 50.9 Å². The van der Waals surface area contributed by atoms with Gasteiger partial charge >= 0.3 is 0 Å². The largest absolute Gasteiger partial charge is 0.301 e. The molecule has 21 heavy (non-hydrogen) atoms. The molecular formula is C14H20BrClN2O2S. The molecule has 1 N–H and O–H groups in total. The predicted octanol–water partition coefficient (Wildman–Crippen LogP) is 3.11. The number of benzene rings is 1. The molecule has 1 atom stereocenters. The number of hydrogen-bond donors (Lipinski definition) is 1. The Morgan fingerprint density at radius 3 is 2.76 bits per heavy atom. The molecule has 1 aromatic carbocycles. The van der Waals surface area contributed by atoms with E-state index in [0.717, 1.165) is 24.0 Å². The van der Waals surface area contributed by atoms with Crippen molar-refractivity contribution in [3.05, 3.63) is 27.7 Å². The number of halogens is 2. The average Bonchev–Trinajstić information content (AvgIpc) is 2.85. The summed E-state index contributed by atoms with van der Waals surface area (Å²) in [6.07, 6.45) is 1.02. The second-order valence-electron chi connectivity index (χ2n) is 5.67. The molecule has 7 heteroatoms. The highest BCUT2D eigenvalue weighted by atomic mass is 79.9. The molecule has 2 rings (SSSR count). The molecule has 0 amide bonds. The van der Waals surface area contributed by atoms with Crippen LogP contribution in [0.15, 0.2) is 27.6 Å². The first kappa shape index (κ1) is 17.2. The summed E-state index contributed by atoms with van der Waals surface area (Å²) in [7, 11) is -3.55. The van der Waals surface area contributed by atoms with Crippen LogP contribution in [0.1, 0.15) is 20.3 Å². The third kappa shape index (κ3) is 4.42. The zero-order valence-electron chi connectivity index (χ0n) is 12.1. The van der Waals surface area contributed by atoms with Crippen molar-refractivity contribution in [3.63, 3.8) is 0 Å². The molecule has 1 saturated heterocycles. The Bertz CT molecular complexity index is 607. The molecule has 1 aromatic rings. The van der Waals surface area contributed by atoms with Crippen molar-refractivity contribution < 1.29 is 8.42 Å². The lowest BCUT2D eigenvalue weighted by Gasteiger charge is -2.20. The van der Waals surface area contributed by atoms with Crippen molar-refractivity contribution in [1.82, 2.24) is 9.62 Å². The maximum atomic E-state index is 12.3. The molecule has 0 aliphatic carbocycles. The number of sulfonamides is 1. The first-order valence-electron chi connectivity index (χ1n) is 6.98. The van der Waals surface area contributed by atoms with E-state index >= 15 is 0 Å². The molecule has 1 heterocycles. The Balaban J connectivity index is 1.99. The Hall–Kier alpha value is -0.140. The number of rotatable bonds is 5. The first-order valence-corrected chi connectivity index (χ1v) is 9.64. The topological polar surface area (TPSA) is 49.4 Å². The Kier molecular flexibility index (Phi) is 5.71. The number of hydrogen-bond acceptors (Lipinski definition) is 3. The standard InChI is InChI=1S/C14H20BrClN2O2S/c1-10(2)18-6-5-11(9-18)8-17-21(19,20)14-4-3-12(15)7-13(14)16/h3-4,7,10-11,17H,5-6,8-9H2,1-2H3. The van der Waals surface area contributed by atoms with Crippen LogP contribution in [0.25, 0.3) is 0 Å². The van der Waals surface area contributed by atoms with E-state index in [-0.39, 0.29) is 9.92 Å². The summed E-state index contributed by atoms with van der Waals surface area (Å²) in [6, 6.07) is 5.29. The summed E-state index contributed by atoms with van der Waals surface area (Å²) in [4.78, 5) is 2.50. The molecule has 1 unspecified atom stereocenters. The monoisotopic (exact) mass is 394 g/mol. The van der Waals surface area contributed by atoms with Crippen molar-refractivity contribution in [2.75, 3.05) is 19.6 Å². The van der Waals surface area contributed by atoms with Gasteiger partial charge in [-0.15, -0.1) is 0 Å². The van der Waals surface area contributed by atoms with Crippen LogP contribution >= 0.6 is 27.5 Å². The fraction of sp³-hybridized carbons (Fsp3) is 0.571. The van der Waals surface area contributed by atoms with E-state index in [4.69, 9.17) is 11.6 Å². The van der Waals surface area contributed by atoms with E-state index in [1.165, 1.54) is 6.07 Å². The van der Waals surface area contributed by atoms with E-state index < -0.39 is 10.0 Å². The van der Waals surface area contributed by atoms with Crippen LogP contribution in [0.5, 0.6) is 0 Å². The van der Waals surface area contributed by atoms with Crippen molar-refractivity contribution in [2.24, 2.45) is 5.92 Å². The van der Waals surface area contributed by atoms with Gasteiger partial charge in [0.15, 0.2) is 0 Å². The Morgan fingerprint density at radius 1 is 1.48 bits per heavy atom. The van der Waals surface area contributed by atoms with E-state index in [9.17, 15) is 8.42 Å². The number of nitrogens with one attached hydrogen (secondary N) is 1. The molecule has 1 aliphatic rings. The zero-order chi connectivity index (χ0) is 15.6. The van der Waals surface area contributed by atoms with E-state index in [0.29, 0.717) is 18.5 Å². The summed E-state index contributed by atoms with van der Waals surface area (Å²) >= 11 is 9.29. The maximum absolute atomic E-state index is 12.3. The van der Waals surface area contributed by atoms with Gasteiger partial charge in [0, 0.05) is 23.6 Å². The van der Waals surface area contributed by atoms with Crippen molar-refractivity contribution in [3.8, 4) is 0 Å². The maximum Gasteiger partial charge on any atom is 0.242 e. The summed E-state index contributed by atoms with van der Waals surface area (Å²) in [6.45, 7) is 6.75. The lowest BCUT2D eigenvalue weighted by Crippen LogP contribution is -2.33. The van der Waals surface area contributed by atoms with Crippen LogP contribution in [0.4, 0.5) is 0 Å². The van der Waals surface area contributed by atoms with Gasteiger partial charge in [0.25, 0.3) is 0 Å². The van der Waals surface area contributed by atoms with Gasteiger partial charge in [-0.2, -0.15) is 0 Å². The quantitative estimate of drug-likeness (QED) is 0.833. The normalized spacial score (nSPS) is 20.3. The Morgan fingerprint density at radius 2 is 2.19 bits per heavy atom. The average molecular weight is 396 g/mol. The minimum Gasteiger partial charge on any atom is -0.301 e. The minimum atomic E-state index is -3.55. The summed E-state index contributed by atoms with van der Waals surface area (Å²) < 4.78 is 28.1. The van der Waals surface area contributed by atoms with Gasteiger partial charge in [-0.3, -0.25) is 0 Å². The fourth-order valence-corrected chi connectivity index (χ4v) is 4.65. The number of likely N-dealkylation sites (tertiary alicyclic amines) is 1. The van der Waals surface area contributed by atoms with E-state index in [1.807, 2.05) is 0 Å². The molecule has 0 saturated carbocycles. The van der Waals surface area contributed by atoms with Crippen LogP contribution in [0.2, 0.25) is 5.02 Å². The molecular weight excluding hydrogens is 376 g/mol. The third-order valence-corrected chi connectivity index (χ3v) is 6.19. The highest BCUT2D eigenvalue weighted by molar-refractivity contribution is 9.10. The highest BCUT2D eigenvalue weighted by Gasteiger charge is 2.26. The second-order valence-corrected chi connectivity index (χ2v) is 8.73.